The van der Waals surface area contributed by atoms with Crippen LogP contribution in [0.3, 0.4) is 0 Å². The second-order valence-corrected chi connectivity index (χ2v) is 11.8. The number of hydrogen-bond donors (Lipinski definition) is 3. The van der Waals surface area contributed by atoms with Crippen molar-refractivity contribution in [2.45, 2.75) is 46.3 Å². The van der Waals surface area contributed by atoms with E-state index in [0.717, 1.165) is 45.4 Å². The molecule has 1 unspecified atom stereocenters. The molecule has 0 aliphatic carbocycles. The van der Waals surface area contributed by atoms with Crippen LogP contribution >= 0.6 is 0 Å². The van der Waals surface area contributed by atoms with Gasteiger partial charge in [0, 0.05) is 44.1 Å². The maximum atomic E-state index is 11.5. The van der Waals surface area contributed by atoms with Crippen molar-refractivity contribution in [1.82, 2.24) is 20.2 Å². The predicted molar refractivity (Wildman–Crippen MR) is 174 cm³/mol. The Hall–Kier alpha value is -4.34. The quantitative estimate of drug-likeness (QED) is 0.160. The number of allylic oxidation sites excluding steroid dienone is 4. The van der Waals surface area contributed by atoms with Crippen molar-refractivity contribution in [2.24, 2.45) is 0 Å². The normalized spacial score (nSPS) is 16.2. The molecular formula is C34H42N6O3. The average molecular weight is 583 g/mol. The van der Waals surface area contributed by atoms with E-state index in [1.807, 2.05) is 38.3 Å². The SMILES string of the molecule is CC(C)=C/C(=C\N(C)C=O)c1ccc2nc(/C(C=N)=C/NCC(C)(C)O)nc(N3CCOCC3c3ccc(C)cc3)c2c1. The minimum absolute atomic E-state index is 0.0707. The summed E-state index contributed by atoms with van der Waals surface area (Å²) in [5.41, 5.74) is 5.53. The molecule has 1 aromatic heterocycles. The third-order valence-electron chi connectivity index (χ3n) is 7.03. The molecule has 0 spiro atoms. The summed E-state index contributed by atoms with van der Waals surface area (Å²) in [5, 5.41) is 22.2. The number of carbonyl (C=O) groups excluding carboxylic acids is 1. The molecule has 1 atom stereocenters. The lowest BCUT2D eigenvalue weighted by molar-refractivity contribution is -0.114. The van der Waals surface area contributed by atoms with Crippen molar-refractivity contribution >= 4 is 40.5 Å². The Kier molecular flexibility index (Phi) is 10.1. The van der Waals surface area contributed by atoms with Gasteiger partial charge in [-0.3, -0.25) is 4.79 Å². The van der Waals surface area contributed by atoms with Gasteiger partial charge in [0.15, 0.2) is 5.82 Å². The zero-order valence-electron chi connectivity index (χ0n) is 25.9. The van der Waals surface area contributed by atoms with Crippen LogP contribution < -0.4 is 10.2 Å². The molecule has 9 nitrogen and oxygen atoms in total. The second-order valence-electron chi connectivity index (χ2n) is 11.8. The summed E-state index contributed by atoms with van der Waals surface area (Å²) in [6.07, 6.45) is 7.52. The Morgan fingerprint density at radius 1 is 1.19 bits per heavy atom. The molecule has 226 valence electrons. The van der Waals surface area contributed by atoms with Gasteiger partial charge in [0.05, 0.1) is 35.9 Å². The predicted octanol–water partition coefficient (Wildman–Crippen LogP) is 5.26. The molecule has 1 saturated heterocycles. The Balaban J connectivity index is 1.93. The molecule has 3 N–H and O–H groups in total. The highest BCUT2D eigenvalue weighted by atomic mass is 16.5. The van der Waals surface area contributed by atoms with Crippen LogP contribution in [-0.2, 0) is 9.53 Å². The van der Waals surface area contributed by atoms with Crippen LogP contribution in [0.4, 0.5) is 5.82 Å². The monoisotopic (exact) mass is 582 g/mol. The molecule has 0 saturated carbocycles. The summed E-state index contributed by atoms with van der Waals surface area (Å²) < 4.78 is 5.95. The van der Waals surface area contributed by atoms with Crippen LogP contribution in [0.1, 0.15) is 56.3 Å². The van der Waals surface area contributed by atoms with Gasteiger partial charge >= 0.3 is 0 Å². The van der Waals surface area contributed by atoms with Gasteiger partial charge in [-0.2, -0.15) is 0 Å². The zero-order chi connectivity index (χ0) is 31.1. The number of nitrogens with zero attached hydrogens (tertiary/aromatic N) is 4. The first-order valence-electron chi connectivity index (χ1n) is 14.4. The fourth-order valence-corrected chi connectivity index (χ4v) is 4.90. The number of hydrogen-bond acceptors (Lipinski definition) is 8. The number of rotatable bonds is 11. The third-order valence-corrected chi connectivity index (χ3v) is 7.03. The molecule has 2 aromatic carbocycles. The number of anilines is 1. The number of morpholine rings is 1. The van der Waals surface area contributed by atoms with Gasteiger partial charge in [-0.15, -0.1) is 0 Å². The first-order chi connectivity index (χ1) is 20.5. The summed E-state index contributed by atoms with van der Waals surface area (Å²) in [7, 11) is 1.71. The van der Waals surface area contributed by atoms with Gasteiger partial charge in [-0.05, 0) is 63.5 Å². The van der Waals surface area contributed by atoms with E-state index in [9.17, 15) is 9.90 Å². The fourth-order valence-electron chi connectivity index (χ4n) is 4.90. The summed E-state index contributed by atoms with van der Waals surface area (Å²) in [6, 6.07) is 14.4. The average Bonchev–Trinajstić information content (AvgIpc) is 2.98. The zero-order valence-corrected chi connectivity index (χ0v) is 25.9. The van der Waals surface area contributed by atoms with E-state index >= 15 is 0 Å². The van der Waals surface area contributed by atoms with E-state index in [4.69, 9.17) is 20.1 Å². The van der Waals surface area contributed by atoms with Crippen molar-refractivity contribution in [3.05, 3.63) is 89.0 Å². The number of ether oxygens (including phenoxy) is 1. The minimum atomic E-state index is -0.918. The first-order valence-corrected chi connectivity index (χ1v) is 14.4. The first kappa shape index (κ1) is 31.6. The highest BCUT2D eigenvalue weighted by Gasteiger charge is 2.28. The Labute approximate surface area is 254 Å². The van der Waals surface area contributed by atoms with E-state index < -0.39 is 5.60 Å². The van der Waals surface area contributed by atoms with Gasteiger partial charge in [0.2, 0.25) is 6.41 Å². The van der Waals surface area contributed by atoms with Crippen molar-refractivity contribution in [3.8, 4) is 0 Å². The van der Waals surface area contributed by atoms with Crippen LogP contribution in [0, 0.1) is 12.3 Å². The number of carbonyl (C=O) groups is 1. The van der Waals surface area contributed by atoms with Crippen molar-refractivity contribution < 1.29 is 14.6 Å². The molecule has 0 bridgehead atoms. The molecule has 2 heterocycles. The van der Waals surface area contributed by atoms with E-state index in [1.54, 1.807) is 27.1 Å². The van der Waals surface area contributed by atoms with Crippen molar-refractivity contribution in [2.75, 3.05) is 38.3 Å². The molecule has 1 fully saturated rings. The van der Waals surface area contributed by atoms with Crippen LogP contribution in [0.5, 0.6) is 0 Å². The summed E-state index contributed by atoms with van der Waals surface area (Å²) in [4.78, 5) is 25.2. The molecule has 4 rings (SSSR count). The van der Waals surface area contributed by atoms with Gasteiger partial charge in [0.25, 0.3) is 0 Å². The molecular weight excluding hydrogens is 540 g/mol. The lowest BCUT2D eigenvalue weighted by atomic mass is 10.00. The van der Waals surface area contributed by atoms with E-state index in [0.29, 0.717) is 37.7 Å². The van der Waals surface area contributed by atoms with E-state index in [-0.39, 0.29) is 6.04 Å². The number of amides is 1. The number of benzene rings is 2. The molecule has 43 heavy (non-hydrogen) atoms. The maximum absolute atomic E-state index is 11.5. The van der Waals surface area contributed by atoms with Gasteiger partial charge in [0.1, 0.15) is 5.82 Å². The third kappa shape index (κ3) is 8.15. The minimum Gasteiger partial charge on any atom is -0.389 e. The van der Waals surface area contributed by atoms with Gasteiger partial charge < -0.3 is 30.4 Å². The summed E-state index contributed by atoms with van der Waals surface area (Å²) in [6.45, 7) is 11.5. The number of aryl methyl sites for hydroxylation is 1. The topological polar surface area (TPSA) is 115 Å². The standard InChI is InChI=1S/C34H42N6O3/c1-23(2)15-27(19-39(6)22-41)26-11-12-30-29(16-26)33(38-32(37-30)28(17-35)18-36-21-34(4,5)42)40-13-14-43-20-31(40)25-9-7-24(3)8-10-25/h7-12,15-19,22,31,35-36,42H,13-14,20-21H2,1-6H3/b27-19+,28-18+,35-17?. The summed E-state index contributed by atoms with van der Waals surface area (Å²) >= 11 is 0. The van der Waals surface area contributed by atoms with Crippen molar-refractivity contribution in [3.63, 3.8) is 0 Å². The number of aliphatic hydroxyl groups is 1. The molecule has 1 amide bonds. The van der Waals surface area contributed by atoms with Crippen LogP contribution in [0.15, 0.2) is 66.5 Å². The van der Waals surface area contributed by atoms with E-state index in [1.165, 1.54) is 16.7 Å². The molecule has 0 radical (unpaired) electrons. The number of fused-ring (bicyclic) bond motifs is 1. The molecule has 3 aromatic rings. The Morgan fingerprint density at radius 2 is 1.93 bits per heavy atom. The lowest BCUT2D eigenvalue weighted by Crippen LogP contribution is -2.40. The highest BCUT2D eigenvalue weighted by molar-refractivity contribution is 6.07. The van der Waals surface area contributed by atoms with E-state index in [2.05, 4.69) is 47.5 Å². The van der Waals surface area contributed by atoms with Crippen LogP contribution in [0.25, 0.3) is 22.0 Å². The Morgan fingerprint density at radius 3 is 2.58 bits per heavy atom. The fraction of sp³-hybridized carbons (Fsp3) is 0.353. The second kappa shape index (κ2) is 13.8. The molecule has 1 aliphatic heterocycles. The Bertz CT molecular complexity index is 1550. The number of nitrogens with one attached hydrogen (secondary N) is 2. The van der Waals surface area contributed by atoms with Gasteiger partial charge in [-0.1, -0.05) is 47.5 Å². The maximum Gasteiger partial charge on any atom is 0.213 e. The largest absolute Gasteiger partial charge is 0.389 e. The number of aromatic nitrogens is 2. The smallest absolute Gasteiger partial charge is 0.213 e. The molecule has 1 aliphatic rings. The lowest BCUT2D eigenvalue weighted by Gasteiger charge is -2.37. The van der Waals surface area contributed by atoms with Crippen LogP contribution in [-0.4, -0.2) is 71.6 Å². The molecule has 9 heteroatoms. The van der Waals surface area contributed by atoms with Crippen molar-refractivity contribution in [1.29, 1.82) is 5.41 Å². The highest BCUT2D eigenvalue weighted by Crippen LogP contribution is 2.35. The van der Waals surface area contributed by atoms with Crippen LogP contribution in [0.2, 0.25) is 0 Å². The van der Waals surface area contributed by atoms with Gasteiger partial charge in [-0.25, -0.2) is 9.97 Å². The summed E-state index contributed by atoms with van der Waals surface area (Å²) in [5.74, 6) is 1.15.